The number of halogens is 1. The van der Waals surface area contributed by atoms with Gasteiger partial charge >= 0.3 is 0 Å². The number of allylic oxidation sites excluding steroid dienone is 1. The lowest BCUT2D eigenvalue weighted by molar-refractivity contribution is 0.104. The number of hydrogen-bond acceptors (Lipinski definition) is 2. The highest BCUT2D eigenvalue weighted by Gasteiger charge is 2.25. The average molecular weight is 385 g/mol. The van der Waals surface area contributed by atoms with E-state index in [0.29, 0.717) is 12.1 Å². The second-order valence-corrected chi connectivity index (χ2v) is 7.84. The van der Waals surface area contributed by atoms with Crippen LogP contribution in [0.2, 0.25) is 0 Å². The first-order valence-electron chi connectivity index (χ1n) is 9.05. The molecule has 0 amide bonds. The quantitative estimate of drug-likeness (QED) is 0.394. The van der Waals surface area contributed by atoms with Crippen LogP contribution in [0, 0.1) is 5.82 Å². The standard InChI is InChI=1S/C24H16FNOS/c25-20-10-4-1-7-16(20)14-26-15-17(18-8-2-5-11-21(18)26)13-23-24(27)19-9-3-6-12-22(19)28-23/h1-13,15H,14H2/b23-13-. The van der Waals surface area contributed by atoms with Crippen molar-refractivity contribution < 1.29 is 9.18 Å². The molecule has 0 N–H and O–H groups in total. The van der Waals surface area contributed by atoms with E-state index in [9.17, 15) is 9.18 Å². The van der Waals surface area contributed by atoms with Gasteiger partial charge in [0.2, 0.25) is 5.78 Å². The molecule has 2 nitrogen and oxygen atoms in total. The van der Waals surface area contributed by atoms with Gasteiger partial charge in [0.05, 0.1) is 11.4 Å². The van der Waals surface area contributed by atoms with Gasteiger partial charge in [0, 0.05) is 38.7 Å². The van der Waals surface area contributed by atoms with Gasteiger partial charge in [-0.2, -0.15) is 0 Å². The van der Waals surface area contributed by atoms with Gasteiger partial charge in [-0.1, -0.05) is 60.3 Å². The molecule has 4 aromatic rings. The van der Waals surface area contributed by atoms with Crippen molar-refractivity contribution in [1.29, 1.82) is 0 Å². The van der Waals surface area contributed by atoms with Crippen LogP contribution in [-0.4, -0.2) is 10.4 Å². The molecule has 0 bridgehead atoms. The number of para-hydroxylation sites is 1. The summed E-state index contributed by atoms with van der Waals surface area (Å²) in [5.41, 5.74) is 3.39. The Hall–Kier alpha value is -3.11. The summed E-state index contributed by atoms with van der Waals surface area (Å²) in [7, 11) is 0. The molecule has 1 aliphatic rings. The second kappa shape index (κ2) is 6.80. The topological polar surface area (TPSA) is 22.0 Å². The van der Waals surface area contributed by atoms with Gasteiger partial charge in [-0.15, -0.1) is 0 Å². The van der Waals surface area contributed by atoms with Gasteiger partial charge < -0.3 is 4.57 Å². The van der Waals surface area contributed by atoms with Gasteiger partial charge in [-0.25, -0.2) is 4.39 Å². The minimum atomic E-state index is -0.211. The first kappa shape index (κ1) is 17.0. The predicted molar refractivity (Wildman–Crippen MR) is 112 cm³/mol. The number of nitrogens with zero attached hydrogens (tertiary/aromatic N) is 1. The van der Waals surface area contributed by atoms with Gasteiger partial charge in [-0.05, 0) is 30.3 Å². The number of ketones is 1. The molecule has 28 heavy (non-hydrogen) atoms. The summed E-state index contributed by atoms with van der Waals surface area (Å²) >= 11 is 1.51. The van der Waals surface area contributed by atoms with E-state index in [-0.39, 0.29) is 11.6 Å². The highest BCUT2D eigenvalue weighted by Crippen LogP contribution is 2.41. The maximum absolute atomic E-state index is 14.1. The number of rotatable bonds is 3. The zero-order valence-electron chi connectivity index (χ0n) is 14.9. The SMILES string of the molecule is O=C1/C(=C/c2cn(Cc3ccccc3F)c3ccccc23)Sc2ccccc21. The monoisotopic (exact) mass is 385 g/mol. The van der Waals surface area contributed by atoms with Crippen molar-refractivity contribution in [2.24, 2.45) is 0 Å². The summed E-state index contributed by atoms with van der Waals surface area (Å²) in [6.45, 7) is 0.442. The summed E-state index contributed by atoms with van der Waals surface area (Å²) in [5, 5.41) is 1.05. The Bertz CT molecular complexity index is 1250. The molecule has 0 aliphatic carbocycles. The van der Waals surface area contributed by atoms with E-state index in [4.69, 9.17) is 0 Å². The van der Waals surface area contributed by atoms with Crippen LogP contribution in [0.1, 0.15) is 21.5 Å². The Balaban J connectivity index is 1.58. The molecule has 0 spiro atoms. The fourth-order valence-electron chi connectivity index (χ4n) is 3.61. The van der Waals surface area contributed by atoms with Gasteiger partial charge in [-0.3, -0.25) is 4.79 Å². The largest absolute Gasteiger partial charge is 0.342 e. The summed E-state index contributed by atoms with van der Waals surface area (Å²) in [4.78, 5) is 14.4. The maximum Gasteiger partial charge on any atom is 0.200 e. The van der Waals surface area contributed by atoms with E-state index in [0.717, 1.165) is 31.8 Å². The summed E-state index contributed by atoms with van der Waals surface area (Å²) < 4.78 is 16.2. The van der Waals surface area contributed by atoms with Crippen molar-refractivity contribution in [1.82, 2.24) is 4.57 Å². The number of Topliss-reactive ketones (excluding diaryl/α,β-unsaturated/α-hetero) is 1. The third-order valence-electron chi connectivity index (χ3n) is 4.98. The van der Waals surface area contributed by atoms with Crippen LogP contribution >= 0.6 is 11.8 Å². The zero-order chi connectivity index (χ0) is 19.1. The number of carbonyl (C=O) groups is 1. The number of fused-ring (bicyclic) bond motifs is 2. The van der Waals surface area contributed by atoms with Crippen LogP contribution in [0.25, 0.3) is 17.0 Å². The molecular formula is C24H16FNOS. The number of thioether (sulfide) groups is 1. The van der Waals surface area contributed by atoms with E-state index in [1.165, 1.54) is 17.8 Å². The highest BCUT2D eigenvalue weighted by molar-refractivity contribution is 8.04. The van der Waals surface area contributed by atoms with Crippen molar-refractivity contribution in [3.63, 3.8) is 0 Å². The first-order valence-corrected chi connectivity index (χ1v) is 9.87. The molecule has 5 rings (SSSR count). The van der Waals surface area contributed by atoms with E-state index < -0.39 is 0 Å². The Kier molecular flexibility index (Phi) is 4.14. The molecule has 0 saturated carbocycles. The van der Waals surface area contributed by atoms with Crippen LogP contribution in [0.4, 0.5) is 4.39 Å². The highest BCUT2D eigenvalue weighted by atomic mass is 32.2. The maximum atomic E-state index is 14.1. The van der Waals surface area contributed by atoms with Crippen molar-refractivity contribution in [2.45, 2.75) is 11.4 Å². The molecule has 4 heteroatoms. The molecule has 0 fully saturated rings. The molecular weight excluding hydrogens is 369 g/mol. The van der Waals surface area contributed by atoms with Crippen LogP contribution in [0.3, 0.4) is 0 Å². The summed E-state index contributed by atoms with van der Waals surface area (Å²) in [6, 6.07) is 22.5. The lowest BCUT2D eigenvalue weighted by Crippen LogP contribution is -2.00. The second-order valence-electron chi connectivity index (χ2n) is 6.76. The smallest absolute Gasteiger partial charge is 0.200 e. The summed E-state index contributed by atoms with van der Waals surface area (Å²) in [5.74, 6) is -0.149. The summed E-state index contributed by atoms with van der Waals surface area (Å²) in [6.07, 6.45) is 3.95. The van der Waals surface area contributed by atoms with Crippen molar-refractivity contribution in [3.05, 3.63) is 106 Å². The molecule has 3 aromatic carbocycles. The Morgan fingerprint density at radius 2 is 1.68 bits per heavy atom. The fraction of sp³-hybridized carbons (Fsp3) is 0.0417. The fourth-order valence-corrected chi connectivity index (χ4v) is 4.65. The van der Waals surface area contributed by atoms with Crippen molar-refractivity contribution >= 4 is 34.5 Å². The lowest BCUT2D eigenvalue weighted by Gasteiger charge is -2.06. The number of benzene rings is 3. The first-order chi connectivity index (χ1) is 13.7. The zero-order valence-corrected chi connectivity index (χ0v) is 15.7. The van der Waals surface area contributed by atoms with Gasteiger partial charge in [0.15, 0.2) is 0 Å². The van der Waals surface area contributed by atoms with Crippen LogP contribution in [0.15, 0.2) is 88.8 Å². The third kappa shape index (κ3) is 2.86. The van der Waals surface area contributed by atoms with Crippen molar-refractivity contribution in [3.8, 4) is 0 Å². The third-order valence-corrected chi connectivity index (χ3v) is 6.08. The van der Waals surface area contributed by atoms with E-state index in [1.54, 1.807) is 12.1 Å². The number of aromatic nitrogens is 1. The Labute approximate surface area is 166 Å². The minimum absolute atomic E-state index is 0.0616. The van der Waals surface area contributed by atoms with Crippen LogP contribution < -0.4 is 0 Å². The normalized spacial score (nSPS) is 14.8. The van der Waals surface area contributed by atoms with Crippen LogP contribution in [-0.2, 0) is 6.54 Å². The molecule has 0 saturated heterocycles. The molecule has 2 heterocycles. The van der Waals surface area contributed by atoms with E-state index in [2.05, 4.69) is 0 Å². The van der Waals surface area contributed by atoms with E-state index >= 15 is 0 Å². The predicted octanol–water partition coefficient (Wildman–Crippen LogP) is 6.16. The lowest BCUT2D eigenvalue weighted by atomic mass is 10.1. The van der Waals surface area contributed by atoms with Crippen LogP contribution in [0.5, 0.6) is 0 Å². The average Bonchev–Trinajstić information content (AvgIpc) is 3.22. The Morgan fingerprint density at radius 3 is 2.54 bits per heavy atom. The molecule has 0 radical (unpaired) electrons. The number of carbonyl (C=O) groups excluding carboxylic acids is 1. The molecule has 136 valence electrons. The molecule has 0 unspecified atom stereocenters. The van der Waals surface area contributed by atoms with Gasteiger partial charge in [0.25, 0.3) is 0 Å². The molecule has 1 aliphatic heterocycles. The van der Waals surface area contributed by atoms with Gasteiger partial charge in [0.1, 0.15) is 5.82 Å². The molecule has 1 aromatic heterocycles. The molecule has 0 atom stereocenters. The Morgan fingerprint density at radius 1 is 0.929 bits per heavy atom. The minimum Gasteiger partial charge on any atom is -0.342 e. The number of hydrogen-bond donors (Lipinski definition) is 0. The van der Waals surface area contributed by atoms with E-state index in [1.807, 2.05) is 71.4 Å². The van der Waals surface area contributed by atoms with Crippen molar-refractivity contribution in [2.75, 3.05) is 0 Å².